The predicted molar refractivity (Wildman–Crippen MR) is 70.5 cm³/mol. The molecule has 1 N–H and O–H groups in total. The summed E-state index contributed by atoms with van der Waals surface area (Å²) in [6.07, 6.45) is 1.59. The van der Waals surface area contributed by atoms with E-state index in [0.717, 1.165) is 17.3 Å². The van der Waals surface area contributed by atoms with Gasteiger partial charge in [-0.25, -0.2) is 8.42 Å². The van der Waals surface area contributed by atoms with E-state index in [0.29, 0.717) is 12.3 Å². The summed E-state index contributed by atoms with van der Waals surface area (Å²) in [7, 11) is -3.33. The minimum absolute atomic E-state index is 0.0273. The molecule has 1 aliphatic heterocycles. The van der Waals surface area contributed by atoms with Crippen molar-refractivity contribution in [3.63, 3.8) is 0 Å². The molecule has 0 saturated carbocycles. The van der Waals surface area contributed by atoms with Crippen molar-refractivity contribution in [2.45, 2.75) is 18.9 Å². The molecule has 17 heavy (non-hydrogen) atoms. The smallest absolute Gasteiger partial charge is 0.235 e. The highest BCUT2D eigenvalue weighted by Crippen LogP contribution is 2.19. The third-order valence-corrected chi connectivity index (χ3v) is 4.38. The highest BCUT2D eigenvalue weighted by atomic mass is 79.9. The summed E-state index contributed by atoms with van der Waals surface area (Å²) in [5.74, 6) is 0.0273. The van der Waals surface area contributed by atoms with Crippen LogP contribution in [0.5, 0.6) is 0 Å². The van der Waals surface area contributed by atoms with Gasteiger partial charge in [-0.05, 0) is 31.0 Å². The maximum absolute atomic E-state index is 11.9. The molecule has 0 bridgehead atoms. The molecule has 4 nitrogen and oxygen atoms in total. The lowest BCUT2D eigenvalue weighted by Gasteiger charge is -2.12. The highest BCUT2D eigenvalue weighted by Gasteiger charge is 2.23. The largest absolute Gasteiger partial charge is 0.377 e. The second-order valence-electron chi connectivity index (χ2n) is 4.03. The van der Waals surface area contributed by atoms with Crippen LogP contribution in [0.2, 0.25) is 0 Å². The molecule has 1 aromatic carbocycles. The summed E-state index contributed by atoms with van der Waals surface area (Å²) in [4.78, 5) is 0. The minimum Gasteiger partial charge on any atom is -0.377 e. The van der Waals surface area contributed by atoms with Gasteiger partial charge in [-0.3, -0.25) is 4.72 Å². The fraction of sp³-hybridized carbons (Fsp3) is 0.455. The van der Waals surface area contributed by atoms with Crippen molar-refractivity contribution in [2.24, 2.45) is 0 Å². The van der Waals surface area contributed by atoms with E-state index in [1.165, 1.54) is 0 Å². The lowest BCUT2D eigenvalue weighted by molar-refractivity contribution is 0.127. The third-order valence-electron chi connectivity index (χ3n) is 2.53. The Morgan fingerprint density at radius 3 is 2.94 bits per heavy atom. The van der Waals surface area contributed by atoms with Gasteiger partial charge < -0.3 is 4.74 Å². The monoisotopic (exact) mass is 319 g/mol. The van der Waals surface area contributed by atoms with Gasteiger partial charge in [0.25, 0.3) is 0 Å². The Morgan fingerprint density at radius 2 is 2.29 bits per heavy atom. The van der Waals surface area contributed by atoms with Crippen LogP contribution in [-0.4, -0.2) is 26.9 Å². The summed E-state index contributed by atoms with van der Waals surface area (Å²) >= 11 is 3.30. The van der Waals surface area contributed by atoms with Crippen LogP contribution in [0.25, 0.3) is 0 Å². The van der Waals surface area contributed by atoms with Crippen LogP contribution < -0.4 is 4.72 Å². The Morgan fingerprint density at radius 1 is 1.47 bits per heavy atom. The molecule has 1 heterocycles. The van der Waals surface area contributed by atoms with Gasteiger partial charge in [-0.15, -0.1) is 0 Å². The molecule has 94 valence electrons. The van der Waals surface area contributed by atoms with Crippen LogP contribution >= 0.6 is 15.9 Å². The molecule has 1 unspecified atom stereocenters. The zero-order valence-corrected chi connectivity index (χ0v) is 11.6. The summed E-state index contributed by atoms with van der Waals surface area (Å²) in [6, 6.07) is 7.08. The summed E-state index contributed by atoms with van der Waals surface area (Å²) < 4.78 is 32.4. The summed E-state index contributed by atoms with van der Waals surface area (Å²) in [6.45, 7) is 0.664. The number of hydrogen-bond donors (Lipinski definition) is 1. The van der Waals surface area contributed by atoms with Gasteiger partial charge in [-0.1, -0.05) is 22.0 Å². The quantitative estimate of drug-likeness (QED) is 0.927. The Hall–Kier alpha value is -0.590. The molecular formula is C11H14BrNO3S. The van der Waals surface area contributed by atoms with Gasteiger partial charge in [0.15, 0.2) is 0 Å². The minimum atomic E-state index is -3.33. The van der Waals surface area contributed by atoms with Crippen LogP contribution in [0.4, 0.5) is 5.69 Å². The maximum atomic E-state index is 11.9. The third kappa shape index (κ3) is 3.97. The van der Waals surface area contributed by atoms with E-state index in [9.17, 15) is 8.42 Å². The average molecular weight is 320 g/mol. The second-order valence-corrected chi connectivity index (χ2v) is 6.71. The van der Waals surface area contributed by atoms with Crippen molar-refractivity contribution in [3.8, 4) is 0 Å². The van der Waals surface area contributed by atoms with Crippen LogP contribution in [0.3, 0.4) is 0 Å². The molecule has 1 aromatic rings. The molecule has 0 amide bonds. The number of halogens is 1. The molecule has 6 heteroatoms. The van der Waals surface area contributed by atoms with E-state index in [4.69, 9.17) is 4.74 Å². The molecule has 0 aromatic heterocycles. The number of sulfonamides is 1. The van der Waals surface area contributed by atoms with E-state index in [1.54, 1.807) is 18.2 Å². The van der Waals surface area contributed by atoms with Crippen LogP contribution in [0.1, 0.15) is 12.8 Å². The molecule has 2 rings (SSSR count). The van der Waals surface area contributed by atoms with Crippen molar-refractivity contribution in [1.29, 1.82) is 0 Å². The predicted octanol–water partition coefficient (Wildman–Crippen LogP) is 2.37. The van der Waals surface area contributed by atoms with Gasteiger partial charge in [0.1, 0.15) is 0 Å². The summed E-state index contributed by atoms with van der Waals surface area (Å²) in [5, 5.41) is 0. The van der Waals surface area contributed by atoms with E-state index >= 15 is 0 Å². The molecule has 1 atom stereocenters. The Kier molecular flexibility index (Phi) is 4.06. The van der Waals surface area contributed by atoms with Crippen molar-refractivity contribution < 1.29 is 13.2 Å². The standard InChI is InChI=1S/C11H14BrNO3S/c12-9-3-1-4-10(7-9)13-17(14,15)8-11-5-2-6-16-11/h1,3-4,7,11,13H,2,5-6,8H2. The first-order valence-electron chi connectivity index (χ1n) is 5.43. The molecule has 1 saturated heterocycles. The molecule has 0 radical (unpaired) electrons. The van der Waals surface area contributed by atoms with Gasteiger partial charge >= 0.3 is 0 Å². The normalized spacial score (nSPS) is 20.4. The SMILES string of the molecule is O=S(=O)(CC1CCCO1)Nc1cccc(Br)c1. The first-order chi connectivity index (χ1) is 8.05. The maximum Gasteiger partial charge on any atom is 0.235 e. The second kappa shape index (κ2) is 5.37. The van der Waals surface area contributed by atoms with E-state index in [2.05, 4.69) is 20.7 Å². The molecule has 1 aliphatic rings. The zero-order valence-electron chi connectivity index (χ0n) is 9.23. The fourth-order valence-electron chi connectivity index (χ4n) is 1.79. The van der Waals surface area contributed by atoms with Crippen LogP contribution in [-0.2, 0) is 14.8 Å². The number of rotatable bonds is 4. The van der Waals surface area contributed by atoms with Crippen molar-refractivity contribution in [1.82, 2.24) is 0 Å². The van der Waals surface area contributed by atoms with E-state index < -0.39 is 10.0 Å². The van der Waals surface area contributed by atoms with E-state index in [1.807, 2.05) is 6.07 Å². The molecule has 1 fully saturated rings. The lowest BCUT2D eigenvalue weighted by Crippen LogP contribution is -2.25. The number of nitrogens with one attached hydrogen (secondary N) is 1. The first-order valence-corrected chi connectivity index (χ1v) is 7.87. The zero-order chi connectivity index (χ0) is 12.3. The van der Waals surface area contributed by atoms with Gasteiger partial charge in [-0.2, -0.15) is 0 Å². The van der Waals surface area contributed by atoms with Crippen molar-refractivity contribution >= 4 is 31.6 Å². The van der Waals surface area contributed by atoms with Gasteiger partial charge in [0.2, 0.25) is 10.0 Å². The topological polar surface area (TPSA) is 55.4 Å². The van der Waals surface area contributed by atoms with Gasteiger partial charge in [0, 0.05) is 16.8 Å². The first kappa shape index (κ1) is 12.9. The Labute approximate surface area is 110 Å². The van der Waals surface area contributed by atoms with Crippen molar-refractivity contribution in [2.75, 3.05) is 17.1 Å². The average Bonchev–Trinajstić information content (AvgIpc) is 2.68. The molecule has 0 spiro atoms. The molecule has 0 aliphatic carbocycles. The summed E-state index contributed by atoms with van der Waals surface area (Å²) in [5.41, 5.74) is 0.567. The van der Waals surface area contributed by atoms with E-state index in [-0.39, 0.29) is 11.9 Å². The molecular weight excluding hydrogens is 306 g/mol. The number of anilines is 1. The Bertz CT molecular complexity index is 483. The van der Waals surface area contributed by atoms with Crippen LogP contribution in [0, 0.1) is 0 Å². The fourth-order valence-corrected chi connectivity index (χ4v) is 3.51. The van der Waals surface area contributed by atoms with Crippen molar-refractivity contribution in [3.05, 3.63) is 28.7 Å². The number of hydrogen-bond acceptors (Lipinski definition) is 3. The number of benzene rings is 1. The number of ether oxygens (including phenoxy) is 1. The highest BCUT2D eigenvalue weighted by molar-refractivity contribution is 9.10. The lowest BCUT2D eigenvalue weighted by atomic mass is 10.3. The van der Waals surface area contributed by atoms with Crippen LogP contribution in [0.15, 0.2) is 28.7 Å². The van der Waals surface area contributed by atoms with Gasteiger partial charge in [0.05, 0.1) is 11.9 Å². The Balaban J connectivity index is 2.01.